The van der Waals surface area contributed by atoms with Gasteiger partial charge in [-0.15, -0.1) is 0 Å². The van der Waals surface area contributed by atoms with Crippen molar-refractivity contribution in [2.75, 3.05) is 39.3 Å². The van der Waals surface area contributed by atoms with E-state index in [0.717, 1.165) is 50.0 Å². The Balaban J connectivity index is 1.26. The lowest BCUT2D eigenvalue weighted by Crippen LogP contribution is -2.49. The Hall–Kier alpha value is -2.95. The minimum absolute atomic E-state index is 0.147. The highest BCUT2D eigenvalue weighted by Gasteiger charge is 2.49. The monoisotopic (exact) mass is 467 g/mol. The van der Waals surface area contributed by atoms with Crippen LogP contribution in [-0.2, 0) is 23.1 Å². The van der Waals surface area contributed by atoms with Crippen molar-refractivity contribution in [3.8, 4) is 0 Å². The molecule has 2 aliphatic rings. The third-order valence-corrected chi connectivity index (χ3v) is 8.14. The van der Waals surface area contributed by atoms with Crippen molar-refractivity contribution >= 4 is 5.91 Å². The van der Waals surface area contributed by atoms with Crippen LogP contribution >= 0.6 is 0 Å². The van der Waals surface area contributed by atoms with Gasteiger partial charge < -0.3 is 15.5 Å². The summed E-state index contributed by atoms with van der Waals surface area (Å²) < 4.78 is 0. The number of hydrogen-bond donors (Lipinski definition) is 1. The highest BCUT2D eigenvalue weighted by molar-refractivity contribution is 5.91. The van der Waals surface area contributed by atoms with Crippen molar-refractivity contribution in [1.29, 1.82) is 0 Å². The molecule has 0 saturated carbocycles. The van der Waals surface area contributed by atoms with Gasteiger partial charge in [-0.1, -0.05) is 84.9 Å². The number of nitrogens with two attached hydrogens (primary N) is 1. The lowest BCUT2D eigenvalue weighted by atomic mass is 9.64. The smallest absolute Gasteiger partial charge is 0.232 e. The molecule has 3 aromatic rings. The summed E-state index contributed by atoms with van der Waals surface area (Å²) in [6.45, 7) is 6.58. The predicted octanol–water partition coefficient (Wildman–Crippen LogP) is 4.27. The number of benzene rings is 3. The van der Waals surface area contributed by atoms with Crippen LogP contribution in [0.1, 0.15) is 35.1 Å². The summed E-state index contributed by atoms with van der Waals surface area (Å²) in [7, 11) is 0. The Morgan fingerprint density at radius 1 is 0.743 bits per heavy atom. The topological polar surface area (TPSA) is 49.6 Å². The SMILES string of the molecule is NC(=O)C(c1ccccc1)(c1ccccc1)C1CCN(CCc2ccc(CCN3CCC3)cc2)C1. The minimum Gasteiger partial charge on any atom is -0.369 e. The molecule has 0 aliphatic carbocycles. The van der Waals surface area contributed by atoms with Crippen LogP contribution in [0.3, 0.4) is 0 Å². The van der Waals surface area contributed by atoms with Gasteiger partial charge in [0.2, 0.25) is 5.91 Å². The summed E-state index contributed by atoms with van der Waals surface area (Å²) in [5, 5.41) is 0. The van der Waals surface area contributed by atoms with Crippen LogP contribution in [0.2, 0.25) is 0 Å². The average molecular weight is 468 g/mol. The molecule has 2 aliphatic heterocycles. The number of rotatable bonds is 10. The standard InChI is InChI=1S/C31H37N3O/c32-30(35)31(27-8-3-1-4-9-27,28-10-5-2-6-11-28)29-18-23-34(24-29)22-17-26-14-12-25(13-15-26)16-21-33-19-7-20-33/h1-6,8-15,29H,7,16-24H2,(H2,32,35). The van der Waals surface area contributed by atoms with Crippen molar-refractivity contribution in [2.45, 2.75) is 31.1 Å². The first-order valence-electron chi connectivity index (χ1n) is 13.1. The molecule has 1 atom stereocenters. The van der Waals surface area contributed by atoms with Gasteiger partial charge >= 0.3 is 0 Å². The fourth-order valence-corrected chi connectivity index (χ4v) is 5.97. The van der Waals surface area contributed by atoms with Crippen LogP contribution in [0, 0.1) is 5.92 Å². The van der Waals surface area contributed by atoms with Crippen molar-refractivity contribution in [2.24, 2.45) is 11.7 Å². The molecule has 182 valence electrons. The molecule has 0 spiro atoms. The molecular weight excluding hydrogens is 430 g/mol. The maximum atomic E-state index is 13.2. The number of carbonyl (C=O) groups is 1. The first-order chi connectivity index (χ1) is 17.2. The maximum Gasteiger partial charge on any atom is 0.232 e. The zero-order chi connectivity index (χ0) is 24.1. The molecular formula is C31H37N3O. The normalized spacial score (nSPS) is 18.9. The molecule has 0 radical (unpaired) electrons. The van der Waals surface area contributed by atoms with Crippen molar-refractivity contribution in [3.63, 3.8) is 0 Å². The summed E-state index contributed by atoms with van der Waals surface area (Å²) in [4.78, 5) is 18.3. The van der Waals surface area contributed by atoms with Crippen LogP contribution in [0.4, 0.5) is 0 Å². The van der Waals surface area contributed by atoms with Gasteiger partial charge in [0.15, 0.2) is 0 Å². The van der Waals surface area contributed by atoms with Crippen LogP contribution in [0.25, 0.3) is 0 Å². The third-order valence-electron chi connectivity index (χ3n) is 8.14. The first kappa shape index (κ1) is 23.8. The number of nitrogens with zero attached hydrogens (tertiary/aromatic N) is 2. The molecule has 35 heavy (non-hydrogen) atoms. The van der Waals surface area contributed by atoms with Crippen molar-refractivity contribution in [3.05, 3.63) is 107 Å². The van der Waals surface area contributed by atoms with Crippen LogP contribution in [-0.4, -0.2) is 55.0 Å². The summed E-state index contributed by atoms with van der Waals surface area (Å²) >= 11 is 0. The molecule has 1 unspecified atom stereocenters. The Bertz CT molecular complexity index is 1050. The molecule has 5 rings (SSSR count). The lowest BCUT2D eigenvalue weighted by Gasteiger charge is -2.37. The Kier molecular flexibility index (Phi) is 7.31. The second-order valence-electron chi connectivity index (χ2n) is 10.2. The van der Waals surface area contributed by atoms with Gasteiger partial charge in [0.05, 0.1) is 0 Å². The zero-order valence-electron chi connectivity index (χ0n) is 20.6. The van der Waals surface area contributed by atoms with E-state index in [1.165, 1.54) is 37.2 Å². The third kappa shape index (κ3) is 5.05. The van der Waals surface area contributed by atoms with E-state index in [-0.39, 0.29) is 11.8 Å². The quantitative estimate of drug-likeness (QED) is 0.484. The lowest BCUT2D eigenvalue weighted by molar-refractivity contribution is -0.123. The largest absolute Gasteiger partial charge is 0.369 e. The molecule has 2 N–H and O–H groups in total. The highest BCUT2D eigenvalue weighted by Crippen LogP contribution is 2.43. The number of likely N-dealkylation sites (tertiary alicyclic amines) is 2. The van der Waals surface area contributed by atoms with E-state index in [4.69, 9.17) is 5.73 Å². The molecule has 0 aromatic heterocycles. The average Bonchev–Trinajstić information content (AvgIpc) is 3.33. The van der Waals surface area contributed by atoms with E-state index in [2.05, 4.69) is 58.3 Å². The van der Waals surface area contributed by atoms with E-state index in [1.54, 1.807) is 0 Å². The van der Waals surface area contributed by atoms with Crippen LogP contribution < -0.4 is 5.73 Å². The van der Waals surface area contributed by atoms with E-state index in [1.807, 2.05) is 36.4 Å². The van der Waals surface area contributed by atoms with Crippen LogP contribution in [0.15, 0.2) is 84.9 Å². The number of hydrogen-bond acceptors (Lipinski definition) is 3. The van der Waals surface area contributed by atoms with Gasteiger partial charge in [0.25, 0.3) is 0 Å². The van der Waals surface area contributed by atoms with E-state index < -0.39 is 5.41 Å². The Labute approximate surface area is 209 Å². The molecule has 0 bridgehead atoms. The van der Waals surface area contributed by atoms with Gasteiger partial charge in [0.1, 0.15) is 5.41 Å². The molecule has 2 saturated heterocycles. The summed E-state index contributed by atoms with van der Waals surface area (Å²) in [6, 6.07) is 29.4. The van der Waals surface area contributed by atoms with Gasteiger partial charge in [-0.3, -0.25) is 4.79 Å². The second-order valence-corrected chi connectivity index (χ2v) is 10.2. The molecule has 4 nitrogen and oxygen atoms in total. The number of amides is 1. The highest BCUT2D eigenvalue weighted by atomic mass is 16.1. The molecule has 1 amide bonds. The summed E-state index contributed by atoms with van der Waals surface area (Å²) in [5.41, 5.74) is 10.2. The van der Waals surface area contributed by atoms with E-state index in [9.17, 15) is 4.79 Å². The molecule has 3 aromatic carbocycles. The van der Waals surface area contributed by atoms with Crippen molar-refractivity contribution in [1.82, 2.24) is 9.80 Å². The van der Waals surface area contributed by atoms with E-state index >= 15 is 0 Å². The van der Waals surface area contributed by atoms with Crippen molar-refractivity contribution < 1.29 is 4.79 Å². The summed E-state index contributed by atoms with van der Waals surface area (Å²) in [5.74, 6) is -0.107. The van der Waals surface area contributed by atoms with E-state index in [0.29, 0.717) is 0 Å². The molecule has 2 fully saturated rings. The maximum absolute atomic E-state index is 13.2. The Morgan fingerprint density at radius 3 is 1.71 bits per heavy atom. The Morgan fingerprint density at radius 2 is 1.26 bits per heavy atom. The zero-order valence-corrected chi connectivity index (χ0v) is 20.6. The second kappa shape index (κ2) is 10.8. The minimum atomic E-state index is -0.810. The van der Waals surface area contributed by atoms with Crippen LogP contribution in [0.5, 0.6) is 0 Å². The number of primary amides is 1. The molecule has 4 heteroatoms. The fraction of sp³-hybridized carbons (Fsp3) is 0.387. The van der Waals surface area contributed by atoms with Gasteiger partial charge in [-0.25, -0.2) is 0 Å². The van der Waals surface area contributed by atoms with Gasteiger partial charge in [0, 0.05) is 19.6 Å². The fourth-order valence-electron chi connectivity index (χ4n) is 5.97. The first-order valence-corrected chi connectivity index (χ1v) is 13.1. The van der Waals surface area contributed by atoms with Gasteiger partial charge in [-0.2, -0.15) is 0 Å². The predicted molar refractivity (Wildman–Crippen MR) is 142 cm³/mol. The molecule has 2 heterocycles. The summed E-state index contributed by atoms with van der Waals surface area (Å²) in [6.07, 6.45) is 4.48. The van der Waals surface area contributed by atoms with Gasteiger partial charge in [-0.05, 0) is 73.5 Å². The number of carbonyl (C=O) groups excluding carboxylic acids is 1.